The molecule has 1 N–H and O–H groups in total. The highest BCUT2D eigenvalue weighted by molar-refractivity contribution is 8.00. The number of carbonyl (C=O) groups excluding carboxylic acids is 3. The second-order valence-electron chi connectivity index (χ2n) is 5.10. The zero-order valence-corrected chi connectivity index (χ0v) is 16.3. The molecule has 0 aliphatic rings. The number of nitrogens with one attached hydrogen (secondary N) is 1. The molecule has 0 bridgehead atoms. The van der Waals surface area contributed by atoms with Crippen LogP contribution in [0.3, 0.4) is 0 Å². The zero-order chi connectivity index (χ0) is 19.1. The Kier molecular flexibility index (Phi) is 7.28. The van der Waals surface area contributed by atoms with Crippen LogP contribution in [0.1, 0.15) is 23.0 Å². The third-order valence-electron chi connectivity index (χ3n) is 3.21. The number of ether oxygens (including phenoxy) is 2. The Morgan fingerprint density at radius 2 is 2.04 bits per heavy atom. The van der Waals surface area contributed by atoms with Crippen LogP contribution in [0.4, 0.5) is 5.00 Å². The van der Waals surface area contributed by atoms with Gasteiger partial charge < -0.3 is 19.2 Å². The molecule has 0 atom stereocenters. The lowest BCUT2D eigenvalue weighted by Gasteiger charge is -2.07. The average molecular weight is 397 g/mol. The Bertz CT molecular complexity index is 795. The fraction of sp³-hybridized carbons (Fsp3) is 0.353. The van der Waals surface area contributed by atoms with Crippen molar-refractivity contribution in [2.45, 2.75) is 13.8 Å². The van der Waals surface area contributed by atoms with Crippen molar-refractivity contribution in [3.63, 3.8) is 0 Å². The van der Waals surface area contributed by atoms with Crippen LogP contribution >= 0.6 is 23.1 Å². The molecule has 0 fully saturated rings. The molecule has 2 aromatic heterocycles. The van der Waals surface area contributed by atoms with E-state index in [1.54, 1.807) is 31.4 Å². The average Bonchev–Trinajstić information content (AvgIpc) is 3.21. The van der Waals surface area contributed by atoms with Crippen molar-refractivity contribution in [1.29, 1.82) is 0 Å². The number of furan rings is 1. The second kappa shape index (κ2) is 9.44. The number of rotatable bonds is 8. The lowest BCUT2D eigenvalue weighted by Crippen LogP contribution is -2.17. The van der Waals surface area contributed by atoms with Gasteiger partial charge in [-0.2, -0.15) is 0 Å². The van der Waals surface area contributed by atoms with Crippen molar-refractivity contribution in [2.24, 2.45) is 0 Å². The Morgan fingerprint density at radius 1 is 1.27 bits per heavy atom. The summed E-state index contributed by atoms with van der Waals surface area (Å²) in [5, 5.41) is 4.83. The lowest BCUT2D eigenvalue weighted by molar-refractivity contribution is -0.137. The van der Waals surface area contributed by atoms with Gasteiger partial charge in [0, 0.05) is 10.9 Å². The standard InChI is InChI=1S/C17H19NO6S2/c1-4-23-17(21)15-11(12-6-5-10(2)24-12)7-26-16(15)18-13(19)8-25-9-14(20)22-3/h5-7H,4,8-9H2,1-3H3,(H,18,19). The number of hydrogen-bond acceptors (Lipinski definition) is 8. The van der Waals surface area contributed by atoms with Crippen LogP contribution in [-0.4, -0.2) is 43.1 Å². The summed E-state index contributed by atoms with van der Waals surface area (Å²) in [6, 6.07) is 3.56. The van der Waals surface area contributed by atoms with Gasteiger partial charge in [-0.05, 0) is 26.0 Å². The number of methoxy groups -OCH3 is 1. The molecule has 9 heteroatoms. The van der Waals surface area contributed by atoms with E-state index in [2.05, 4.69) is 10.1 Å². The van der Waals surface area contributed by atoms with Crippen LogP contribution in [0, 0.1) is 6.92 Å². The Labute approximate surface area is 159 Å². The predicted octanol–water partition coefficient (Wildman–Crippen LogP) is 3.34. The van der Waals surface area contributed by atoms with Gasteiger partial charge >= 0.3 is 11.9 Å². The maximum atomic E-state index is 12.4. The molecular formula is C17H19NO6S2. The van der Waals surface area contributed by atoms with Crippen molar-refractivity contribution < 1.29 is 28.3 Å². The lowest BCUT2D eigenvalue weighted by atomic mass is 10.1. The van der Waals surface area contributed by atoms with Crippen LogP contribution in [0.15, 0.2) is 21.9 Å². The highest BCUT2D eigenvalue weighted by Crippen LogP contribution is 2.37. The van der Waals surface area contributed by atoms with Crippen molar-refractivity contribution in [1.82, 2.24) is 0 Å². The van der Waals surface area contributed by atoms with Gasteiger partial charge in [-0.25, -0.2) is 4.79 Å². The number of thiophene rings is 1. The van der Waals surface area contributed by atoms with E-state index in [1.165, 1.54) is 18.4 Å². The van der Waals surface area contributed by atoms with E-state index < -0.39 is 11.9 Å². The van der Waals surface area contributed by atoms with Crippen molar-refractivity contribution in [2.75, 3.05) is 30.5 Å². The quantitative estimate of drug-likeness (QED) is 0.683. The molecule has 0 unspecified atom stereocenters. The number of aryl methyl sites for hydroxylation is 1. The fourth-order valence-electron chi connectivity index (χ4n) is 2.07. The van der Waals surface area contributed by atoms with Gasteiger partial charge in [0.25, 0.3) is 0 Å². The normalized spacial score (nSPS) is 10.4. The summed E-state index contributed by atoms with van der Waals surface area (Å²) in [4.78, 5) is 35.6. The summed E-state index contributed by atoms with van der Waals surface area (Å²) in [5.41, 5.74) is 0.830. The maximum Gasteiger partial charge on any atom is 0.341 e. The van der Waals surface area contributed by atoms with E-state index in [-0.39, 0.29) is 29.6 Å². The maximum absolute atomic E-state index is 12.4. The highest BCUT2D eigenvalue weighted by Gasteiger charge is 2.24. The number of carbonyl (C=O) groups is 3. The van der Waals surface area contributed by atoms with Gasteiger partial charge in [0.15, 0.2) is 0 Å². The Morgan fingerprint density at radius 3 is 2.65 bits per heavy atom. The van der Waals surface area contributed by atoms with Crippen LogP contribution in [-0.2, 0) is 19.1 Å². The first-order valence-corrected chi connectivity index (χ1v) is 9.79. The SMILES string of the molecule is CCOC(=O)c1c(-c2ccc(C)o2)csc1NC(=O)CSCC(=O)OC. The van der Waals surface area contributed by atoms with Gasteiger partial charge in [-0.1, -0.05) is 0 Å². The zero-order valence-electron chi connectivity index (χ0n) is 14.6. The summed E-state index contributed by atoms with van der Waals surface area (Å²) in [7, 11) is 1.29. The number of hydrogen-bond donors (Lipinski definition) is 1. The predicted molar refractivity (Wildman–Crippen MR) is 101 cm³/mol. The fourth-order valence-corrected chi connectivity index (χ4v) is 3.66. The molecule has 0 spiro atoms. The van der Waals surface area contributed by atoms with E-state index in [0.29, 0.717) is 22.1 Å². The molecule has 0 aliphatic heterocycles. The molecule has 2 heterocycles. The third-order valence-corrected chi connectivity index (χ3v) is 5.01. The number of amides is 1. The molecule has 140 valence electrons. The second-order valence-corrected chi connectivity index (χ2v) is 6.97. The minimum absolute atomic E-state index is 0.0600. The summed E-state index contributed by atoms with van der Waals surface area (Å²) in [5.74, 6) is 0.124. The van der Waals surface area contributed by atoms with E-state index in [1.807, 2.05) is 0 Å². The molecule has 0 aromatic carbocycles. The molecule has 0 saturated heterocycles. The summed E-state index contributed by atoms with van der Waals surface area (Å²) in [6.07, 6.45) is 0. The minimum atomic E-state index is -0.532. The molecule has 1 amide bonds. The van der Waals surface area contributed by atoms with Crippen molar-refractivity contribution in [3.8, 4) is 11.3 Å². The van der Waals surface area contributed by atoms with Gasteiger partial charge in [0.1, 0.15) is 22.1 Å². The summed E-state index contributed by atoms with van der Waals surface area (Å²) >= 11 is 2.34. The monoisotopic (exact) mass is 397 g/mol. The van der Waals surface area contributed by atoms with E-state index >= 15 is 0 Å². The van der Waals surface area contributed by atoms with Crippen molar-refractivity contribution in [3.05, 3.63) is 28.8 Å². The Hall–Kier alpha value is -2.26. The first-order valence-electron chi connectivity index (χ1n) is 7.76. The molecular weight excluding hydrogens is 378 g/mol. The van der Waals surface area contributed by atoms with Crippen LogP contribution in [0.25, 0.3) is 11.3 Å². The molecule has 2 rings (SSSR count). The molecule has 26 heavy (non-hydrogen) atoms. The topological polar surface area (TPSA) is 94.8 Å². The van der Waals surface area contributed by atoms with Gasteiger partial charge in [0.05, 0.1) is 25.2 Å². The first-order chi connectivity index (χ1) is 12.5. The van der Waals surface area contributed by atoms with Crippen LogP contribution in [0.5, 0.6) is 0 Å². The van der Waals surface area contributed by atoms with Crippen LogP contribution in [0.2, 0.25) is 0 Å². The number of esters is 2. The van der Waals surface area contributed by atoms with Crippen LogP contribution < -0.4 is 5.32 Å². The highest BCUT2D eigenvalue weighted by atomic mass is 32.2. The molecule has 0 radical (unpaired) electrons. The molecule has 0 aliphatic carbocycles. The molecule has 2 aromatic rings. The Balaban J connectivity index is 2.17. The van der Waals surface area contributed by atoms with E-state index in [4.69, 9.17) is 9.15 Å². The largest absolute Gasteiger partial charge is 0.468 e. The van der Waals surface area contributed by atoms with Gasteiger partial charge in [-0.3, -0.25) is 9.59 Å². The first kappa shape index (κ1) is 20.1. The summed E-state index contributed by atoms with van der Waals surface area (Å²) in [6.45, 7) is 3.73. The number of anilines is 1. The molecule has 7 nitrogen and oxygen atoms in total. The molecule has 0 saturated carbocycles. The van der Waals surface area contributed by atoms with Gasteiger partial charge in [-0.15, -0.1) is 23.1 Å². The van der Waals surface area contributed by atoms with Crippen molar-refractivity contribution >= 4 is 45.9 Å². The minimum Gasteiger partial charge on any atom is -0.468 e. The van der Waals surface area contributed by atoms with Gasteiger partial charge in [0.2, 0.25) is 5.91 Å². The van der Waals surface area contributed by atoms with E-state index in [0.717, 1.165) is 11.8 Å². The van der Waals surface area contributed by atoms with E-state index in [9.17, 15) is 14.4 Å². The third kappa shape index (κ3) is 5.12. The number of thioether (sulfide) groups is 1. The smallest absolute Gasteiger partial charge is 0.341 e. The summed E-state index contributed by atoms with van der Waals surface area (Å²) < 4.78 is 15.2.